The fourth-order valence-corrected chi connectivity index (χ4v) is 7.06. The predicted octanol–water partition coefficient (Wildman–Crippen LogP) is 3.55. The predicted molar refractivity (Wildman–Crippen MR) is 125 cm³/mol. The van der Waals surface area contributed by atoms with Crippen LogP contribution in [0, 0.1) is 22.7 Å². The first-order valence-electron chi connectivity index (χ1n) is 11.6. The molecule has 8 heteroatoms. The molecule has 0 bridgehead atoms. The topological polar surface area (TPSA) is 149 Å². The lowest BCUT2D eigenvalue weighted by Gasteiger charge is -2.59. The number of aliphatic hydroxyl groups is 3. The molecule has 0 aliphatic heterocycles. The first-order valence-corrected chi connectivity index (χ1v) is 11.6. The molecular weight excluding hydrogens is 452 g/mol. The Morgan fingerprint density at radius 1 is 1.03 bits per heavy atom. The Balaban J connectivity index is 2.10. The smallest absolute Gasteiger partial charge is 0.209 e. The first-order chi connectivity index (χ1) is 16.0. The van der Waals surface area contributed by atoms with E-state index in [-0.39, 0.29) is 47.0 Å². The third-order valence-electron chi connectivity index (χ3n) is 8.27. The molecule has 35 heavy (non-hydrogen) atoms. The van der Waals surface area contributed by atoms with Crippen molar-refractivity contribution < 1.29 is 39.6 Å². The van der Waals surface area contributed by atoms with E-state index in [1.54, 1.807) is 27.7 Å². The first kappa shape index (κ1) is 24.9. The van der Waals surface area contributed by atoms with Crippen molar-refractivity contribution in [1.29, 1.82) is 0 Å². The summed E-state index contributed by atoms with van der Waals surface area (Å²) in [6.07, 6.45) is 0.0589. The van der Waals surface area contributed by atoms with Crippen molar-refractivity contribution in [2.75, 3.05) is 0 Å². The van der Waals surface area contributed by atoms with Crippen LogP contribution >= 0.6 is 0 Å². The van der Waals surface area contributed by atoms with Crippen LogP contribution in [-0.4, -0.2) is 49.2 Å². The molecule has 8 nitrogen and oxygen atoms in total. The maximum Gasteiger partial charge on any atom is 0.209 e. The van der Waals surface area contributed by atoms with Crippen LogP contribution in [0.5, 0.6) is 5.75 Å². The van der Waals surface area contributed by atoms with Gasteiger partial charge in [0.2, 0.25) is 5.78 Å². The van der Waals surface area contributed by atoms with Crippen molar-refractivity contribution in [2.24, 2.45) is 22.7 Å². The van der Waals surface area contributed by atoms with Crippen LogP contribution in [0.2, 0.25) is 0 Å². The lowest BCUT2D eigenvalue weighted by Crippen LogP contribution is -2.67. The van der Waals surface area contributed by atoms with Gasteiger partial charge in [0.25, 0.3) is 0 Å². The SMILES string of the molecule is CC(=O)C1=C(O)C(C(C)C)[C@@]2(C)C[C@@]3(C)Cc4c(C(C)=O)ccc(O)c4C(=O)C3=C(O)[C@@]2(O)C1=O. The molecule has 186 valence electrons. The molecule has 4 atom stereocenters. The van der Waals surface area contributed by atoms with E-state index < -0.39 is 56.8 Å². The van der Waals surface area contributed by atoms with Gasteiger partial charge in [0.1, 0.15) is 22.8 Å². The minimum atomic E-state index is -2.65. The van der Waals surface area contributed by atoms with Crippen molar-refractivity contribution in [3.63, 3.8) is 0 Å². The van der Waals surface area contributed by atoms with E-state index in [0.29, 0.717) is 5.56 Å². The van der Waals surface area contributed by atoms with Crippen molar-refractivity contribution in [3.8, 4) is 5.75 Å². The zero-order valence-corrected chi connectivity index (χ0v) is 20.6. The number of allylic oxidation sites excluding steroid dienone is 2. The molecule has 1 aromatic carbocycles. The van der Waals surface area contributed by atoms with Crippen LogP contribution in [0.3, 0.4) is 0 Å². The average Bonchev–Trinajstić information content (AvgIpc) is 2.69. The Bertz CT molecular complexity index is 1300. The summed E-state index contributed by atoms with van der Waals surface area (Å²) in [5, 5.41) is 45.1. The molecule has 0 saturated carbocycles. The highest BCUT2D eigenvalue weighted by molar-refractivity contribution is 6.25. The Hall–Kier alpha value is -3.26. The van der Waals surface area contributed by atoms with Gasteiger partial charge in [-0.15, -0.1) is 0 Å². The number of carbonyl (C=O) groups excluding carboxylic acids is 4. The second-order valence-electron chi connectivity index (χ2n) is 11.0. The third kappa shape index (κ3) is 2.89. The van der Waals surface area contributed by atoms with Crippen LogP contribution in [0.25, 0.3) is 0 Å². The highest BCUT2D eigenvalue weighted by atomic mass is 16.3. The van der Waals surface area contributed by atoms with Gasteiger partial charge in [-0.05, 0) is 50.3 Å². The summed E-state index contributed by atoms with van der Waals surface area (Å²) >= 11 is 0. The number of rotatable bonds is 3. The summed E-state index contributed by atoms with van der Waals surface area (Å²) in [5.74, 6) is -5.94. The third-order valence-corrected chi connectivity index (χ3v) is 8.27. The van der Waals surface area contributed by atoms with Crippen molar-refractivity contribution in [2.45, 2.75) is 60.0 Å². The number of carbonyl (C=O) groups is 4. The summed E-state index contributed by atoms with van der Waals surface area (Å²) in [4.78, 5) is 52.0. The maximum absolute atomic E-state index is 13.7. The Kier molecular flexibility index (Phi) is 5.23. The fraction of sp³-hybridized carbons (Fsp3) is 0.481. The lowest BCUT2D eigenvalue weighted by atomic mass is 9.44. The number of benzene rings is 1. The second-order valence-corrected chi connectivity index (χ2v) is 11.0. The summed E-state index contributed by atoms with van der Waals surface area (Å²) in [6, 6.07) is 2.67. The van der Waals surface area contributed by atoms with Crippen LogP contribution < -0.4 is 0 Å². The number of aromatic hydroxyl groups is 1. The van der Waals surface area contributed by atoms with E-state index in [9.17, 15) is 39.6 Å². The van der Waals surface area contributed by atoms with E-state index in [4.69, 9.17) is 0 Å². The van der Waals surface area contributed by atoms with Crippen molar-refractivity contribution in [3.05, 3.63) is 51.5 Å². The number of phenols is 1. The van der Waals surface area contributed by atoms with Crippen LogP contribution in [-0.2, 0) is 16.0 Å². The molecule has 0 saturated heterocycles. The molecule has 1 aromatic rings. The van der Waals surface area contributed by atoms with Gasteiger partial charge < -0.3 is 20.4 Å². The largest absolute Gasteiger partial charge is 0.511 e. The number of hydrogen-bond donors (Lipinski definition) is 4. The molecule has 4 rings (SSSR count). The van der Waals surface area contributed by atoms with Crippen molar-refractivity contribution >= 4 is 23.1 Å². The molecule has 0 spiro atoms. The standard InChI is InChI=1S/C27H30O8/c1-11(2)19-21(31)17(13(4)29)23(33)27(35)24(34)20-22(32)18-15(9-25(20,5)10-26(19,27)6)14(12(3)28)7-8-16(18)30/h7-8,11,19,30-31,34-35H,9-10H2,1-6H3/t19?,25-,26-,27+/m1/s1. The van der Waals surface area contributed by atoms with E-state index in [1.165, 1.54) is 19.1 Å². The highest BCUT2D eigenvalue weighted by Gasteiger charge is 2.71. The summed E-state index contributed by atoms with van der Waals surface area (Å²) in [5.41, 5.74) is -5.67. The minimum Gasteiger partial charge on any atom is -0.511 e. The molecule has 0 amide bonds. The number of fused-ring (bicyclic) bond motifs is 3. The zero-order valence-electron chi connectivity index (χ0n) is 20.6. The Morgan fingerprint density at radius 3 is 2.14 bits per heavy atom. The lowest BCUT2D eigenvalue weighted by molar-refractivity contribution is -0.171. The molecule has 3 aliphatic rings. The Morgan fingerprint density at radius 2 is 1.63 bits per heavy atom. The van der Waals surface area contributed by atoms with E-state index in [2.05, 4.69) is 0 Å². The molecule has 1 unspecified atom stereocenters. The van der Waals surface area contributed by atoms with Crippen LogP contribution in [0.15, 0.2) is 34.8 Å². The number of hydrogen-bond acceptors (Lipinski definition) is 8. The van der Waals surface area contributed by atoms with E-state index in [1.807, 2.05) is 0 Å². The number of phenolic OH excluding ortho intramolecular Hbond substituents is 1. The molecule has 0 heterocycles. The number of aliphatic hydroxyl groups excluding tert-OH is 2. The van der Waals surface area contributed by atoms with Crippen LogP contribution in [0.4, 0.5) is 0 Å². The second kappa shape index (κ2) is 7.37. The fourth-order valence-electron chi connectivity index (χ4n) is 7.06. The van der Waals surface area contributed by atoms with Gasteiger partial charge in [-0.3, -0.25) is 19.2 Å². The zero-order chi connectivity index (χ0) is 26.4. The van der Waals surface area contributed by atoms with Crippen molar-refractivity contribution in [1.82, 2.24) is 0 Å². The van der Waals surface area contributed by atoms with E-state index >= 15 is 0 Å². The quantitative estimate of drug-likeness (QED) is 0.377. The number of Topliss-reactive ketones (excluding diaryl/α,β-unsaturated/α-hetero) is 4. The maximum atomic E-state index is 13.7. The summed E-state index contributed by atoms with van der Waals surface area (Å²) < 4.78 is 0. The van der Waals surface area contributed by atoms with E-state index in [0.717, 1.165) is 6.92 Å². The summed E-state index contributed by atoms with van der Waals surface area (Å²) in [7, 11) is 0. The van der Waals surface area contributed by atoms with Gasteiger partial charge in [0, 0.05) is 27.9 Å². The van der Waals surface area contributed by atoms with Gasteiger partial charge in [-0.25, -0.2) is 0 Å². The monoisotopic (exact) mass is 482 g/mol. The molecule has 0 radical (unpaired) electrons. The normalized spacial score (nSPS) is 32.4. The van der Waals surface area contributed by atoms with Gasteiger partial charge in [-0.1, -0.05) is 27.7 Å². The van der Waals surface area contributed by atoms with Gasteiger partial charge in [0.05, 0.1) is 5.56 Å². The molecule has 0 aromatic heterocycles. The average molecular weight is 483 g/mol. The molecular formula is C27H30O8. The van der Waals surface area contributed by atoms with Crippen LogP contribution in [0.1, 0.15) is 74.2 Å². The Labute approximate surface area is 203 Å². The summed E-state index contributed by atoms with van der Waals surface area (Å²) in [6.45, 7) is 9.24. The molecule has 3 aliphatic carbocycles. The molecule has 4 N–H and O–H groups in total. The minimum absolute atomic E-state index is 0.0160. The van der Waals surface area contributed by atoms with Gasteiger partial charge in [0.15, 0.2) is 23.0 Å². The highest BCUT2D eigenvalue weighted by Crippen LogP contribution is 2.65. The van der Waals surface area contributed by atoms with Gasteiger partial charge >= 0.3 is 0 Å². The number of ketones is 4. The molecule has 0 fully saturated rings. The van der Waals surface area contributed by atoms with Gasteiger partial charge in [-0.2, -0.15) is 0 Å².